The van der Waals surface area contributed by atoms with Crippen LogP contribution in [-0.2, 0) is 4.74 Å². The molecule has 1 fully saturated rings. The van der Waals surface area contributed by atoms with Crippen molar-refractivity contribution in [3.05, 3.63) is 34.1 Å². The Labute approximate surface area is 131 Å². The summed E-state index contributed by atoms with van der Waals surface area (Å²) in [5.74, 6) is -0.0690. The SMILES string of the molecule is O=C(c1ccc(Br)c(F)c1)N1CCC(OCCCl)CC1. The smallest absolute Gasteiger partial charge is 0.253 e. The van der Waals surface area contributed by atoms with Crippen LogP contribution < -0.4 is 0 Å². The van der Waals surface area contributed by atoms with Crippen molar-refractivity contribution in [2.24, 2.45) is 0 Å². The molecule has 110 valence electrons. The summed E-state index contributed by atoms with van der Waals surface area (Å²) in [5.41, 5.74) is 0.380. The van der Waals surface area contributed by atoms with E-state index in [1.807, 2.05) is 0 Å². The van der Waals surface area contributed by atoms with Crippen LogP contribution in [-0.4, -0.2) is 42.5 Å². The summed E-state index contributed by atoms with van der Waals surface area (Å²) in [6, 6.07) is 4.45. The predicted molar refractivity (Wildman–Crippen MR) is 79.7 cm³/mol. The molecular weight excluding hydrogens is 349 g/mol. The van der Waals surface area contributed by atoms with E-state index in [9.17, 15) is 9.18 Å². The summed E-state index contributed by atoms with van der Waals surface area (Å²) >= 11 is 8.66. The van der Waals surface area contributed by atoms with Gasteiger partial charge < -0.3 is 9.64 Å². The van der Waals surface area contributed by atoms with E-state index in [-0.39, 0.29) is 12.0 Å². The lowest BCUT2D eigenvalue weighted by atomic mass is 10.1. The average molecular weight is 365 g/mol. The maximum atomic E-state index is 13.5. The van der Waals surface area contributed by atoms with E-state index in [4.69, 9.17) is 16.3 Å². The number of nitrogens with zero attached hydrogens (tertiary/aromatic N) is 1. The summed E-state index contributed by atoms with van der Waals surface area (Å²) in [7, 11) is 0. The van der Waals surface area contributed by atoms with Crippen LogP contribution >= 0.6 is 27.5 Å². The van der Waals surface area contributed by atoms with Crippen molar-refractivity contribution in [2.75, 3.05) is 25.6 Å². The van der Waals surface area contributed by atoms with Crippen LogP contribution in [0.1, 0.15) is 23.2 Å². The average Bonchev–Trinajstić information content (AvgIpc) is 2.48. The quantitative estimate of drug-likeness (QED) is 0.766. The maximum absolute atomic E-state index is 13.5. The first-order valence-corrected chi connectivity index (χ1v) is 7.86. The Morgan fingerprint density at radius 2 is 2.15 bits per heavy atom. The fraction of sp³-hybridized carbons (Fsp3) is 0.500. The first-order valence-electron chi connectivity index (χ1n) is 6.53. The van der Waals surface area contributed by atoms with Crippen LogP contribution in [0.15, 0.2) is 22.7 Å². The third kappa shape index (κ3) is 3.93. The third-order valence-corrected chi connectivity index (χ3v) is 4.12. The van der Waals surface area contributed by atoms with Gasteiger partial charge in [0.15, 0.2) is 0 Å². The zero-order valence-corrected chi connectivity index (χ0v) is 13.3. The molecule has 1 heterocycles. The van der Waals surface area contributed by atoms with E-state index in [2.05, 4.69) is 15.9 Å². The largest absolute Gasteiger partial charge is 0.377 e. The molecule has 20 heavy (non-hydrogen) atoms. The van der Waals surface area contributed by atoms with Crippen molar-refractivity contribution in [3.63, 3.8) is 0 Å². The number of hydrogen-bond acceptors (Lipinski definition) is 2. The number of rotatable bonds is 4. The first-order chi connectivity index (χ1) is 9.61. The van der Waals surface area contributed by atoms with Gasteiger partial charge in [-0.05, 0) is 47.0 Å². The highest BCUT2D eigenvalue weighted by atomic mass is 79.9. The van der Waals surface area contributed by atoms with Crippen LogP contribution in [0.25, 0.3) is 0 Å². The summed E-state index contributed by atoms with van der Waals surface area (Å²) in [5, 5.41) is 0. The van der Waals surface area contributed by atoms with Crippen LogP contribution in [0.4, 0.5) is 4.39 Å². The van der Waals surface area contributed by atoms with Gasteiger partial charge in [-0.25, -0.2) is 4.39 Å². The molecule has 0 aliphatic carbocycles. The molecule has 1 saturated heterocycles. The molecule has 0 saturated carbocycles. The van der Waals surface area contributed by atoms with Gasteiger partial charge in [-0.3, -0.25) is 4.79 Å². The highest BCUT2D eigenvalue weighted by Crippen LogP contribution is 2.20. The Morgan fingerprint density at radius 3 is 2.75 bits per heavy atom. The number of alkyl halides is 1. The Hall–Kier alpha value is -0.650. The summed E-state index contributed by atoms with van der Waals surface area (Å²) in [4.78, 5) is 14.0. The van der Waals surface area contributed by atoms with Gasteiger partial charge in [0.1, 0.15) is 5.82 Å². The van der Waals surface area contributed by atoms with Crippen molar-refractivity contribution in [2.45, 2.75) is 18.9 Å². The molecule has 1 aliphatic heterocycles. The van der Waals surface area contributed by atoms with Crippen molar-refractivity contribution < 1.29 is 13.9 Å². The molecule has 0 aromatic heterocycles. The number of halogens is 3. The van der Waals surface area contributed by atoms with E-state index >= 15 is 0 Å². The Morgan fingerprint density at radius 1 is 1.45 bits per heavy atom. The van der Waals surface area contributed by atoms with Crippen molar-refractivity contribution >= 4 is 33.4 Å². The van der Waals surface area contributed by atoms with E-state index in [1.54, 1.807) is 17.0 Å². The predicted octanol–water partition coefficient (Wildman–Crippen LogP) is 3.45. The van der Waals surface area contributed by atoms with Gasteiger partial charge in [-0.15, -0.1) is 11.6 Å². The fourth-order valence-corrected chi connectivity index (χ4v) is 2.58. The molecule has 1 aromatic carbocycles. The Kier molecular flexibility index (Phi) is 5.81. The molecule has 1 aromatic rings. The monoisotopic (exact) mass is 363 g/mol. The lowest BCUT2D eigenvalue weighted by Crippen LogP contribution is -2.41. The van der Waals surface area contributed by atoms with Crippen molar-refractivity contribution in [1.29, 1.82) is 0 Å². The lowest BCUT2D eigenvalue weighted by molar-refractivity contribution is 0.0154. The second-order valence-corrected chi connectivity index (χ2v) is 5.91. The molecule has 6 heteroatoms. The van der Waals surface area contributed by atoms with E-state index < -0.39 is 5.82 Å². The number of hydrogen-bond donors (Lipinski definition) is 0. The molecule has 2 rings (SSSR count). The van der Waals surface area contributed by atoms with E-state index in [1.165, 1.54) is 6.07 Å². The number of piperidine rings is 1. The second-order valence-electron chi connectivity index (χ2n) is 4.68. The topological polar surface area (TPSA) is 29.5 Å². The van der Waals surface area contributed by atoms with Crippen LogP contribution in [0.3, 0.4) is 0 Å². The Balaban J connectivity index is 1.92. The van der Waals surface area contributed by atoms with E-state index in [0.717, 1.165) is 12.8 Å². The minimum Gasteiger partial charge on any atom is -0.377 e. The highest BCUT2D eigenvalue weighted by molar-refractivity contribution is 9.10. The minimum absolute atomic E-state index is 0.132. The second kappa shape index (κ2) is 7.38. The number of carbonyl (C=O) groups excluding carboxylic acids is 1. The zero-order chi connectivity index (χ0) is 14.5. The lowest BCUT2D eigenvalue weighted by Gasteiger charge is -2.32. The highest BCUT2D eigenvalue weighted by Gasteiger charge is 2.24. The Bertz CT molecular complexity index is 478. The van der Waals surface area contributed by atoms with Crippen molar-refractivity contribution in [1.82, 2.24) is 4.90 Å². The maximum Gasteiger partial charge on any atom is 0.253 e. The number of likely N-dealkylation sites (tertiary alicyclic amines) is 1. The minimum atomic E-state index is -0.420. The summed E-state index contributed by atoms with van der Waals surface area (Å²) < 4.78 is 19.4. The van der Waals surface area contributed by atoms with Crippen LogP contribution in [0.5, 0.6) is 0 Å². The van der Waals surface area contributed by atoms with E-state index in [0.29, 0.717) is 35.6 Å². The third-order valence-electron chi connectivity index (χ3n) is 3.33. The number of carbonyl (C=O) groups is 1. The standard InChI is InChI=1S/C14H16BrClFNO2/c15-12-2-1-10(9-13(12)17)14(19)18-6-3-11(4-7-18)20-8-5-16/h1-2,9,11H,3-8H2. The van der Waals surface area contributed by atoms with Crippen LogP contribution in [0, 0.1) is 5.82 Å². The summed E-state index contributed by atoms with van der Waals surface area (Å²) in [6.45, 7) is 1.80. The molecule has 0 atom stereocenters. The normalized spacial score (nSPS) is 16.4. The first kappa shape index (κ1) is 15.7. The molecule has 0 radical (unpaired) electrons. The van der Waals surface area contributed by atoms with Crippen molar-refractivity contribution in [3.8, 4) is 0 Å². The molecule has 3 nitrogen and oxygen atoms in total. The molecule has 0 unspecified atom stereocenters. The fourth-order valence-electron chi connectivity index (χ4n) is 2.25. The molecule has 0 N–H and O–H groups in total. The van der Waals surface area contributed by atoms with Crippen LogP contribution in [0.2, 0.25) is 0 Å². The van der Waals surface area contributed by atoms with Gasteiger partial charge >= 0.3 is 0 Å². The molecule has 1 amide bonds. The number of ether oxygens (including phenoxy) is 1. The number of amides is 1. The zero-order valence-electron chi connectivity index (χ0n) is 10.9. The van der Waals surface area contributed by atoms with Gasteiger partial charge in [0.25, 0.3) is 5.91 Å². The van der Waals surface area contributed by atoms with Gasteiger partial charge in [-0.2, -0.15) is 0 Å². The molecule has 1 aliphatic rings. The van der Waals surface area contributed by atoms with Gasteiger partial charge in [0.2, 0.25) is 0 Å². The molecule has 0 spiro atoms. The molecular formula is C14H16BrClFNO2. The van der Waals surface area contributed by atoms with Gasteiger partial charge in [0.05, 0.1) is 17.2 Å². The summed E-state index contributed by atoms with van der Waals surface area (Å²) in [6.07, 6.45) is 1.75. The molecule has 0 bridgehead atoms. The van der Waals surface area contributed by atoms with Gasteiger partial charge in [0, 0.05) is 24.5 Å². The van der Waals surface area contributed by atoms with Gasteiger partial charge in [-0.1, -0.05) is 0 Å². The number of benzene rings is 1.